The summed E-state index contributed by atoms with van der Waals surface area (Å²) in [5.41, 5.74) is -0.212. The van der Waals surface area contributed by atoms with Crippen molar-refractivity contribution >= 4 is 17.3 Å². The van der Waals surface area contributed by atoms with Gasteiger partial charge in [0, 0.05) is 6.07 Å². The van der Waals surface area contributed by atoms with Crippen LogP contribution in [0.1, 0.15) is 5.56 Å². The second-order valence-electron chi connectivity index (χ2n) is 3.70. The van der Waals surface area contributed by atoms with E-state index in [4.69, 9.17) is 21.6 Å². The number of hydrogen-bond donors (Lipinski definition) is 0. The number of hydrogen-bond acceptors (Lipinski definition) is 4. The third-order valence-corrected chi connectivity index (χ3v) is 2.71. The summed E-state index contributed by atoms with van der Waals surface area (Å²) in [6.07, 6.45) is 0. The van der Waals surface area contributed by atoms with Crippen molar-refractivity contribution < 1.29 is 14.1 Å². The first-order valence-electron chi connectivity index (χ1n) is 5.33. The van der Waals surface area contributed by atoms with E-state index in [-0.39, 0.29) is 10.8 Å². The second kappa shape index (κ2) is 5.55. The molecule has 0 aliphatic carbocycles. The maximum Gasteiger partial charge on any atom is 0.314 e. The summed E-state index contributed by atoms with van der Waals surface area (Å²) in [4.78, 5) is 10.1. The Morgan fingerprint density at radius 2 is 2.10 bits per heavy atom. The van der Waals surface area contributed by atoms with E-state index in [0.717, 1.165) is 12.1 Å². The smallest absolute Gasteiger partial charge is 0.314 e. The molecule has 20 heavy (non-hydrogen) atoms. The molecule has 0 aromatic heterocycles. The number of nitrogens with zero attached hydrogens (tertiary/aromatic N) is 2. The van der Waals surface area contributed by atoms with Crippen LogP contribution in [-0.4, -0.2) is 4.92 Å². The molecule has 2 rings (SSSR count). The minimum absolute atomic E-state index is 0.0267. The summed E-state index contributed by atoms with van der Waals surface area (Å²) in [5.74, 6) is -1.37. The van der Waals surface area contributed by atoms with Gasteiger partial charge in [-0.2, -0.15) is 5.26 Å². The summed E-state index contributed by atoms with van der Waals surface area (Å²) in [5, 5.41) is 19.6. The first kappa shape index (κ1) is 13.8. The van der Waals surface area contributed by atoms with Gasteiger partial charge in [-0.15, -0.1) is 0 Å². The van der Waals surface area contributed by atoms with Gasteiger partial charge in [-0.25, -0.2) is 4.39 Å². The first-order chi connectivity index (χ1) is 9.52. The molecule has 0 saturated heterocycles. The van der Waals surface area contributed by atoms with E-state index in [1.165, 1.54) is 24.3 Å². The number of nitro benzene ring substituents is 1. The van der Waals surface area contributed by atoms with Crippen LogP contribution in [0.3, 0.4) is 0 Å². The zero-order valence-corrected chi connectivity index (χ0v) is 10.6. The number of halogens is 2. The standard InChI is InChI=1S/C13H6ClFN2O3/c14-9-6-8(7-16)4-5-12(9)20-13-10(15)2-1-3-11(13)17(18)19/h1-6H. The normalized spacial score (nSPS) is 9.85. The van der Waals surface area contributed by atoms with Crippen LogP contribution in [0.15, 0.2) is 36.4 Å². The summed E-state index contributed by atoms with van der Waals surface area (Å²) in [6.45, 7) is 0. The highest BCUT2D eigenvalue weighted by atomic mass is 35.5. The third kappa shape index (κ3) is 2.68. The number of ether oxygens (including phenoxy) is 1. The molecule has 2 aromatic rings. The van der Waals surface area contributed by atoms with E-state index in [9.17, 15) is 14.5 Å². The molecule has 7 heteroatoms. The van der Waals surface area contributed by atoms with Gasteiger partial charge in [0.15, 0.2) is 5.82 Å². The molecule has 100 valence electrons. The molecule has 0 fully saturated rings. The fourth-order valence-corrected chi connectivity index (χ4v) is 1.72. The van der Waals surface area contributed by atoms with Crippen LogP contribution in [0.5, 0.6) is 11.5 Å². The summed E-state index contributed by atoms with van der Waals surface area (Å²) >= 11 is 5.87. The number of nitriles is 1. The molecular weight excluding hydrogens is 287 g/mol. The van der Waals surface area contributed by atoms with Crippen molar-refractivity contribution in [2.75, 3.05) is 0 Å². The Hall–Kier alpha value is -2.65. The lowest BCUT2D eigenvalue weighted by molar-refractivity contribution is -0.385. The maximum absolute atomic E-state index is 13.6. The molecule has 0 aliphatic heterocycles. The van der Waals surface area contributed by atoms with Crippen LogP contribution in [0.2, 0.25) is 5.02 Å². The molecule has 0 bridgehead atoms. The van der Waals surface area contributed by atoms with E-state index in [1.54, 1.807) is 0 Å². The molecule has 2 aromatic carbocycles. The lowest BCUT2D eigenvalue weighted by Gasteiger charge is -2.08. The van der Waals surface area contributed by atoms with Gasteiger partial charge in [-0.3, -0.25) is 10.1 Å². The lowest BCUT2D eigenvalue weighted by atomic mass is 10.2. The average Bonchev–Trinajstić information content (AvgIpc) is 2.42. The molecule has 5 nitrogen and oxygen atoms in total. The SMILES string of the molecule is N#Cc1ccc(Oc2c(F)cccc2[N+](=O)[O-])c(Cl)c1. The fourth-order valence-electron chi connectivity index (χ4n) is 1.51. The van der Waals surface area contributed by atoms with Crippen molar-refractivity contribution in [2.24, 2.45) is 0 Å². The Balaban J connectivity index is 2.45. The molecule has 0 saturated carbocycles. The Kier molecular flexibility index (Phi) is 3.82. The predicted molar refractivity (Wildman–Crippen MR) is 69.3 cm³/mol. The van der Waals surface area contributed by atoms with Crippen LogP contribution >= 0.6 is 11.6 Å². The van der Waals surface area contributed by atoms with Gasteiger partial charge in [0.1, 0.15) is 5.75 Å². The number of nitro groups is 1. The largest absolute Gasteiger partial charge is 0.446 e. The minimum Gasteiger partial charge on any atom is -0.446 e. The molecule has 0 aliphatic rings. The highest BCUT2D eigenvalue weighted by Gasteiger charge is 2.21. The van der Waals surface area contributed by atoms with E-state index in [2.05, 4.69) is 0 Å². The van der Waals surface area contributed by atoms with Gasteiger partial charge in [0.05, 0.1) is 21.6 Å². The summed E-state index contributed by atoms with van der Waals surface area (Å²) < 4.78 is 18.8. The van der Waals surface area contributed by atoms with E-state index < -0.39 is 22.2 Å². The van der Waals surface area contributed by atoms with E-state index >= 15 is 0 Å². The lowest BCUT2D eigenvalue weighted by Crippen LogP contribution is -1.96. The monoisotopic (exact) mass is 292 g/mol. The zero-order chi connectivity index (χ0) is 14.7. The van der Waals surface area contributed by atoms with Crippen LogP contribution in [0, 0.1) is 27.3 Å². The van der Waals surface area contributed by atoms with Gasteiger partial charge < -0.3 is 4.74 Å². The quantitative estimate of drug-likeness (QED) is 0.631. The molecule has 0 spiro atoms. The van der Waals surface area contributed by atoms with Gasteiger partial charge in [-0.1, -0.05) is 17.7 Å². The highest BCUT2D eigenvalue weighted by molar-refractivity contribution is 6.32. The fraction of sp³-hybridized carbons (Fsp3) is 0. The van der Waals surface area contributed by atoms with Crippen molar-refractivity contribution in [1.29, 1.82) is 5.26 Å². The van der Waals surface area contributed by atoms with Crippen molar-refractivity contribution in [3.8, 4) is 17.6 Å². The highest BCUT2D eigenvalue weighted by Crippen LogP contribution is 2.36. The van der Waals surface area contributed by atoms with E-state index in [0.29, 0.717) is 5.56 Å². The second-order valence-corrected chi connectivity index (χ2v) is 4.11. The maximum atomic E-state index is 13.6. The molecule has 0 atom stereocenters. The van der Waals surface area contributed by atoms with Crippen LogP contribution in [0.4, 0.5) is 10.1 Å². The Morgan fingerprint density at radius 3 is 2.70 bits per heavy atom. The molecule has 0 heterocycles. The van der Waals surface area contributed by atoms with E-state index in [1.807, 2.05) is 6.07 Å². The predicted octanol–water partition coefficient (Wildman–Crippen LogP) is 4.05. The minimum atomic E-state index is -0.875. The van der Waals surface area contributed by atoms with Crippen molar-refractivity contribution in [3.05, 3.63) is 62.9 Å². The van der Waals surface area contributed by atoms with Crippen molar-refractivity contribution in [2.45, 2.75) is 0 Å². The zero-order valence-electron chi connectivity index (χ0n) is 9.84. The van der Waals surface area contributed by atoms with Gasteiger partial charge in [0.25, 0.3) is 0 Å². The Morgan fingerprint density at radius 1 is 1.35 bits per heavy atom. The van der Waals surface area contributed by atoms with Crippen LogP contribution in [0.25, 0.3) is 0 Å². The van der Waals surface area contributed by atoms with Crippen molar-refractivity contribution in [1.82, 2.24) is 0 Å². The Bertz CT molecular complexity index is 728. The Labute approximate surface area is 117 Å². The van der Waals surface area contributed by atoms with Crippen LogP contribution < -0.4 is 4.74 Å². The number of rotatable bonds is 3. The van der Waals surface area contributed by atoms with Gasteiger partial charge >= 0.3 is 5.69 Å². The third-order valence-electron chi connectivity index (χ3n) is 2.42. The first-order valence-corrected chi connectivity index (χ1v) is 5.71. The molecule has 0 radical (unpaired) electrons. The summed E-state index contributed by atoms with van der Waals surface area (Å²) in [7, 11) is 0. The molecule has 0 N–H and O–H groups in total. The van der Waals surface area contributed by atoms with Gasteiger partial charge in [-0.05, 0) is 24.3 Å². The van der Waals surface area contributed by atoms with Crippen molar-refractivity contribution in [3.63, 3.8) is 0 Å². The topological polar surface area (TPSA) is 76.2 Å². The summed E-state index contributed by atoms with van der Waals surface area (Å²) in [6, 6.07) is 9.33. The molecule has 0 unspecified atom stereocenters. The molecular formula is C13H6ClFN2O3. The number of para-hydroxylation sites is 1. The average molecular weight is 293 g/mol. The van der Waals surface area contributed by atoms with Crippen LogP contribution in [-0.2, 0) is 0 Å². The number of benzene rings is 2. The van der Waals surface area contributed by atoms with Gasteiger partial charge in [0.2, 0.25) is 5.75 Å². The molecule has 0 amide bonds.